The minimum Gasteiger partial charge on any atom is -0.508 e. The van der Waals surface area contributed by atoms with Crippen LogP contribution in [0.3, 0.4) is 0 Å². The summed E-state index contributed by atoms with van der Waals surface area (Å²) in [5, 5.41) is 18.8. The number of phenolic OH excluding ortho intramolecular Hbond substituents is 2. The van der Waals surface area contributed by atoms with E-state index >= 15 is 0 Å². The molecule has 76 valence electrons. The van der Waals surface area contributed by atoms with E-state index in [1.807, 2.05) is 0 Å². The number of phenols is 2. The molecule has 1 unspecified atom stereocenters. The largest absolute Gasteiger partial charge is 0.508 e. The van der Waals surface area contributed by atoms with E-state index < -0.39 is 0 Å². The topological polar surface area (TPSA) is 49.7 Å². The third-order valence-corrected chi connectivity index (χ3v) is 2.47. The first-order valence-electron chi connectivity index (χ1n) is 4.92. The summed E-state index contributed by atoms with van der Waals surface area (Å²) in [6.07, 6.45) is 2.98. The molecule has 2 rings (SSSR count). The molecule has 1 aliphatic rings. The molecule has 1 heterocycles. The summed E-state index contributed by atoms with van der Waals surface area (Å²) >= 11 is 0. The standard InChI is InChI=1S/C11H14O3/c1-2-3-9-5-7-4-8(12)6-10(13)11(7)14-9/h4,6,9,12-13H,2-3,5H2,1H3. The minimum atomic E-state index is 0.0404. The molecule has 0 bridgehead atoms. The Kier molecular flexibility index (Phi) is 2.23. The Bertz CT molecular complexity index is 347. The third kappa shape index (κ3) is 1.50. The van der Waals surface area contributed by atoms with Gasteiger partial charge in [-0.1, -0.05) is 13.3 Å². The highest BCUT2D eigenvalue weighted by atomic mass is 16.5. The van der Waals surface area contributed by atoms with Crippen molar-refractivity contribution in [1.82, 2.24) is 0 Å². The van der Waals surface area contributed by atoms with Gasteiger partial charge in [0.1, 0.15) is 11.9 Å². The third-order valence-electron chi connectivity index (χ3n) is 2.47. The normalized spacial score (nSPS) is 19.1. The van der Waals surface area contributed by atoms with Crippen molar-refractivity contribution in [2.75, 3.05) is 0 Å². The molecule has 1 aromatic carbocycles. The molecule has 0 spiro atoms. The van der Waals surface area contributed by atoms with Crippen molar-refractivity contribution < 1.29 is 14.9 Å². The maximum absolute atomic E-state index is 9.51. The Morgan fingerprint density at radius 1 is 1.43 bits per heavy atom. The van der Waals surface area contributed by atoms with Crippen molar-refractivity contribution in [2.24, 2.45) is 0 Å². The first-order valence-corrected chi connectivity index (χ1v) is 4.92. The highest BCUT2D eigenvalue weighted by molar-refractivity contribution is 5.52. The summed E-state index contributed by atoms with van der Waals surface area (Å²) in [6.45, 7) is 2.10. The Labute approximate surface area is 83.0 Å². The lowest BCUT2D eigenvalue weighted by Gasteiger charge is -2.08. The fourth-order valence-electron chi connectivity index (χ4n) is 1.88. The van der Waals surface area contributed by atoms with E-state index in [0.717, 1.165) is 24.8 Å². The van der Waals surface area contributed by atoms with E-state index in [0.29, 0.717) is 5.75 Å². The van der Waals surface area contributed by atoms with E-state index in [2.05, 4.69) is 6.92 Å². The summed E-state index contributed by atoms with van der Waals surface area (Å²) in [5.74, 6) is 0.682. The maximum Gasteiger partial charge on any atom is 0.164 e. The molecule has 0 aliphatic carbocycles. The molecule has 2 N–H and O–H groups in total. The van der Waals surface area contributed by atoms with Crippen molar-refractivity contribution in [2.45, 2.75) is 32.3 Å². The van der Waals surface area contributed by atoms with Crippen LogP contribution < -0.4 is 4.74 Å². The molecule has 1 aromatic rings. The van der Waals surface area contributed by atoms with Gasteiger partial charge in [0.25, 0.3) is 0 Å². The zero-order chi connectivity index (χ0) is 10.1. The van der Waals surface area contributed by atoms with Crippen LogP contribution in [0.25, 0.3) is 0 Å². The zero-order valence-corrected chi connectivity index (χ0v) is 8.16. The number of aromatic hydroxyl groups is 2. The van der Waals surface area contributed by atoms with Crippen LogP contribution in [0.1, 0.15) is 25.3 Å². The van der Waals surface area contributed by atoms with Crippen LogP contribution >= 0.6 is 0 Å². The lowest BCUT2D eigenvalue weighted by molar-refractivity contribution is 0.213. The number of rotatable bonds is 2. The fraction of sp³-hybridized carbons (Fsp3) is 0.455. The quantitative estimate of drug-likeness (QED) is 0.758. The SMILES string of the molecule is CCCC1Cc2cc(O)cc(O)c2O1. The highest BCUT2D eigenvalue weighted by Gasteiger charge is 2.25. The fourth-order valence-corrected chi connectivity index (χ4v) is 1.88. The number of hydrogen-bond donors (Lipinski definition) is 2. The molecule has 3 nitrogen and oxygen atoms in total. The van der Waals surface area contributed by atoms with Gasteiger partial charge in [-0.25, -0.2) is 0 Å². The minimum absolute atomic E-state index is 0.0404. The second-order valence-corrected chi connectivity index (χ2v) is 3.69. The zero-order valence-electron chi connectivity index (χ0n) is 8.16. The molecular weight excluding hydrogens is 180 g/mol. The molecule has 0 radical (unpaired) electrons. The van der Waals surface area contributed by atoms with Crippen LogP contribution in [-0.4, -0.2) is 16.3 Å². The average molecular weight is 194 g/mol. The summed E-state index contributed by atoms with van der Waals surface area (Å²) in [4.78, 5) is 0. The Morgan fingerprint density at radius 2 is 2.21 bits per heavy atom. The molecule has 0 fully saturated rings. The van der Waals surface area contributed by atoms with E-state index in [9.17, 15) is 10.2 Å². The summed E-state index contributed by atoms with van der Waals surface area (Å²) in [7, 11) is 0. The van der Waals surface area contributed by atoms with Crippen molar-refractivity contribution in [1.29, 1.82) is 0 Å². The smallest absolute Gasteiger partial charge is 0.164 e. The van der Waals surface area contributed by atoms with Gasteiger partial charge in [-0.3, -0.25) is 0 Å². The predicted octanol–water partition coefficient (Wildman–Crippen LogP) is 2.20. The van der Waals surface area contributed by atoms with Crippen LogP contribution in [0.4, 0.5) is 0 Å². The molecule has 0 amide bonds. The number of benzene rings is 1. The van der Waals surface area contributed by atoms with Gasteiger partial charge < -0.3 is 14.9 Å². The molecular formula is C11H14O3. The summed E-state index contributed by atoms with van der Waals surface area (Å²) in [5.41, 5.74) is 0.904. The van der Waals surface area contributed by atoms with Crippen molar-refractivity contribution in [3.05, 3.63) is 17.7 Å². The van der Waals surface area contributed by atoms with E-state index in [1.165, 1.54) is 6.07 Å². The van der Waals surface area contributed by atoms with Gasteiger partial charge in [0.15, 0.2) is 11.5 Å². The van der Waals surface area contributed by atoms with Crippen LogP contribution in [0.5, 0.6) is 17.2 Å². The van der Waals surface area contributed by atoms with Crippen LogP contribution in [-0.2, 0) is 6.42 Å². The molecule has 0 saturated heterocycles. The molecule has 1 atom stereocenters. The van der Waals surface area contributed by atoms with E-state index in [4.69, 9.17) is 4.74 Å². The Hall–Kier alpha value is -1.38. The number of ether oxygens (including phenoxy) is 1. The van der Waals surface area contributed by atoms with Gasteiger partial charge in [0.05, 0.1) is 0 Å². The van der Waals surface area contributed by atoms with Gasteiger partial charge >= 0.3 is 0 Å². The van der Waals surface area contributed by atoms with Crippen molar-refractivity contribution in [3.63, 3.8) is 0 Å². The number of fused-ring (bicyclic) bond motifs is 1. The lowest BCUT2D eigenvalue weighted by atomic mass is 10.1. The molecule has 0 saturated carbocycles. The second-order valence-electron chi connectivity index (χ2n) is 3.69. The van der Waals surface area contributed by atoms with Crippen molar-refractivity contribution >= 4 is 0 Å². The van der Waals surface area contributed by atoms with Crippen LogP contribution in [0, 0.1) is 0 Å². The Balaban J connectivity index is 2.26. The van der Waals surface area contributed by atoms with Gasteiger partial charge in [-0.15, -0.1) is 0 Å². The second kappa shape index (κ2) is 3.40. The van der Waals surface area contributed by atoms with Gasteiger partial charge in [0.2, 0.25) is 0 Å². The molecule has 14 heavy (non-hydrogen) atoms. The molecule has 3 heteroatoms. The first-order chi connectivity index (χ1) is 6.70. The van der Waals surface area contributed by atoms with E-state index in [1.54, 1.807) is 6.07 Å². The molecule has 0 aromatic heterocycles. The lowest BCUT2D eigenvalue weighted by Crippen LogP contribution is -2.11. The van der Waals surface area contributed by atoms with Gasteiger partial charge in [-0.05, 0) is 12.5 Å². The highest BCUT2D eigenvalue weighted by Crippen LogP contribution is 2.40. The Morgan fingerprint density at radius 3 is 2.93 bits per heavy atom. The van der Waals surface area contributed by atoms with Crippen molar-refractivity contribution in [3.8, 4) is 17.2 Å². The van der Waals surface area contributed by atoms with Gasteiger partial charge in [-0.2, -0.15) is 0 Å². The monoisotopic (exact) mass is 194 g/mol. The van der Waals surface area contributed by atoms with E-state index in [-0.39, 0.29) is 17.6 Å². The predicted molar refractivity (Wildman–Crippen MR) is 52.8 cm³/mol. The van der Waals surface area contributed by atoms with Crippen LogP contribution in [0.15, 0.2) is 12.1 Å². The van der Waals surface area contributed by atoms with Gasteiger partial charge in [0, 0.05) is 18.1 Å². The summed E-state index contributed by atoms with van der Waals surface area (Å²) < 4.78 is 5.57. The first kappa shape index (κ1) is 9.19. The van der Waals surface area contributed by atoms with Crippen LogP contribution in [0.2, 0.25) is 0 Å². The molecule has 1 aliphatic heterocycles. The maximum atomic E-state index is 9.51. The average Bonchev–Trinajstić information content (AvgIpc) is 2.48. The summed E-state index contributed by atoms with van der Waals surface area (Å²) in [6, 6.07) is 2.97. The number of hydrogen-bond acceptors (Lipinski definition) is 3.